The largest absolute Gasteiger partial charge is 0.383 e. The number of hydrogen-bond donors (Lipinski definition) is 0. The van der Waals surface area contributed by atoms with Crippen molar-refractivity contribution in [2.24, 2.45) is 4.99 Å². The summed E-state index contributed by atoms with van der Waals surface area (Å²) in [4.78, 5) is 26.3. The van der Waals surface area contributed by atoms with Gasteiger partial charge in [0.25, 0.3) is 5.91 Å². The van der Waals surface area contributed by atoms with Crippen LogP contribution in [0.1, 0.15) is 10.5 Å². The Kier molecular flexibility index (Phi) is 5.11. The summed E-state index contributed by atoms with van der Waals surface area (Å²) >= 11 is 4.94. The van der Waals surface area contributed by atoms with Gasteiger partial charge in [0.2, 0.25) is 0 Å². The topological polar surface area (TPSA) is 69.4 Å². The molecule has 0 atom stereocenters. The van der Waals surface area contributed by atoms with Crippen molar-refractivity contribution < 1.29 is 9.53 Å². The molecule has 2 heterocycles. The third-order valence-corrected chi connectivity index (χ3v) is 5.56. The van der Waals surface area contributed by atoms with E-state index in [0.717, 1.165) is 20.2 Å². The van der Waals surface area contributed by atoms with Gasteiger partial charge in [-0.3, -0.25) is 9.78 Å². The predicted octanol–water partition coefficient (Wildman–Crippen LogP) is 3.80. The first-order valence-corrected chi connectivity index (χ1v) is 9.85. The number of hydrogen-bond acceptors (Lipinski definition) is 5. The fourth-order valence-electron chi connectivity index (χ4n) is 2.74. The maximum atomic E-state index is 12.7. The fraction of sp³-hybridized carbons (Fsp3) is 0.158. The Hall–Kier alpha value is -2.42. The number of benzene rings is 2. The molecule has 8 heteroatoms. The Labute approximate surface area is 167 Å². The summed E-state index contributed by atoms with van der Waals surface area (Å²) < 4.78 is 9.21. The van der Waals surface area contributed by atoms with Crippen molar-refractivity contribution in [2.75, 3.05) is 13.7 Å². The summed E-state index contributed by atoms with van der Waals surface area (Å²) in [5.41, 5.74) is 2.66. The summed E-state index contributed by atoms with van der Waals surface area (Å²) in [7, 11) is 1.65. The van der Waals surface area contributed by atoms with Crippen LogP contribution in [0.25, 0.3) is 21.3 Å². The fourth-order valence-corrected chi connectivity index (χ4v) is 4.34. The van der Waals surface area contributed by atoms with Gasteiger partial charge in [0.1, 0.15) is 5.69 Å². The lowest BCUT2D eigenvalue weighted by atomic mass is 10.3. The van der Waals surface area contributed by atoms with Crippen molar-refractivity contribution >= 4 is 54.4 Å². The highest BCUT2D eigenvalue weighted by atomic mass is 79.9. The van der Waals surface area contributed by atoms with E-state index in [0.29, 0.717) is 23.5 Å². The standard InChI is InChI=1S/C19H15BrN4O2S/c1-26-9-8-24-16-7-6-12(20)10-17(16)27-19(24)23-18(25)15-11-21-13-4-2-3-5-14(13)22-15/h2-7,10-11H,8-9H2,1H3. The van der Waals surface area contributed by atoms with E-state index in [4.69, 9.17) is 4.74 Å². The summed E-state index contributed by atoms with van der Waals surface area (Å²) in [5.74, 6) is -0.412. The summed E-state index contributed by atoms with van der Waals surface area (Å²) in [5, 5.41) is 0. The van der Waals surface area contributed by atoms with Crippen LogP contribution >= 0.6 is 27.3 Å². The molecule has 0 radical (unpaired) electrons. The smallest absolute Gasteiger partial charge is 0.299 e. The third-order valence-electron chi connectivity index (χ3n) is 4.03. The minimum absolute atomic E-state index is 0.227. The number of carbonyl (C=O) groups is 1. The van der Waals surface area contributed by atoms with Crippen LogP contribution in [-0.4, -0.2) is 34.2 Å². The van der Waals surface area contributed by atoms with Crippen LogP contribution in [0.5, 0.6) is 0 Å². The van der Waals surface area contributed by atoms with Gasteiger partial charge in [0.15, 0.2) is 4.80 Å². The minimum Gasteiger partial charge on any atom is -0.383 e. The molecular weight excluding hydrogens is 428 g/mol. The van der Waals surface area contributed by atoms with Crippen molar-refractivity contribution in [3.05, 3.63) is 63.6 Å². The Balaban J connectivity index is 1.81. The van der Waals surface area contributed by atoms with Gasteiger partial charge in [-0.2, -0.15) is 4.99 Å². The molecule has 4 rings (SSSR count). The number of aromatic nitrogens is 3. The zero-order valence-electron chi connectivity index (χ0n) is 14.4. The number of methoxy groups -OCH3 is 1. The first-order valence-electron chi connectivity index (χ1n) is 8.24. The molecule has 0 bridgehead atoms. The Morgan fingerprint density at radius 3 is 2.89 bits per heavy atom. The minimum atomic E-state index is -0.412. The maximum Gasteiger partial charge on any atom is 0.299 e. The quantitative estimate of drug-likeness (QED) is 0.481. The lowest BCUT2D eigenvalue weighted by Gasteiger charge is -2.04. The van der Waals surface area contributed by atoms with Crippen molar-refractivity contribution in [3.63, 3.8) is 0 Å². The molecule has 0 aliphatic rings. The lowest BCUT2D eigenvalue weighted by Crippen LogP contribution is -2.19. The number of ether oxygens (including phenoxy) is 1. The van der Waals surface area contributed by atoms with Crippen LogP contribution in [0.2, 0.25) is 0 Å². The molecule has 1 amide bonds. The van der Waals surface area contributed by atoms with E-state index in [1.54, 1.807) is 7.11 Å². The molecule has 6 nitrogen and oxygen atoms in total. The van der Waals surface area contributed by atoms with Crippen LogP contribution in [0.15, 0.2) is 58.1 Å². The van der Waals surface area contributed by atoms with E-state index < -0.39 is 5.91 Å². The van der Waals surface area contributed by atoms with Crippen molar-refractivity contribution in [1.82, 2.24) is 14.5 Å². The van der Waals surface area contributed by atoms with E-state index >= 15 is 0 Å². The molecule has 0 N–H and O–H groups in total. The first-order chi connectivity index (χ1) is 13.2. The van der Waals surface area contributed by atoms with E-state index in [1.165, 1.54) is 17.5 Å². The van der Waals surface area contributed by atoms with Gasteiger partial charge in [0.05, 0.1) is 34.1 Å². The van der Waals surface area contributed by atoms with E-state index in [-0.39, 0.29) is 5.69 Å². The first kappa shape index (κ1) is 18.0. The number of amides is 1. The van der Waals surface area contributed by atoms with Crippen molar-refractivity contribution in [1.29, 1.82) is 0 Å². The van der Waals surface area contributed by atoms with Crippen LogP contribution in [0.3, 0.4) is 0 Å². The second kappa shape index (κ2) is 7.67. The lowest BCUT2D eigenvalue weighted by molar-refractivity contribution is 0.0992. The van der Waals surface area contributed by atoms with Gasteiger partial charge in [-0.1, -0.05) is 39.4 Å². The zero-order valence-corrected chi connectivity index (χ0v) is 16.8. The zero-order chi connectivity index (χ0) is 18.8. The molecule has 0 saturated heterocycles. The Bertz CT molecular complexity index is 1220. The van der Waals surface area contributed by atoms with Gasteiger partial charge in [-0.25, -0.2) is 4.98 Å². The van der Waals surface area contributed by atoms with Gasteiger partial charge in [0, 0.05) is 18.1 Å². The Morgan fingerprint density at radius 1 is 1.26 bits per heavy atom. The normalized spacial score (nSPS) is 12.1. The van der Waals surface area contributed by atoms with Crippen LogP contribution in [0, 0.1) is 0 Å². The highest BCUT2D eigenvalue weighted by molar-refractivity contribution is 9.10. The molecule has 2 aromatic carbocycles. The molecule has 0 saturated carbocycles. The van der Waals surface area contributed by atoms with E-state index in [1.807, 2.05) is 47.0 Å². The molecule has 27 heavy (non-hydrogen) atoms. The molecule has 4 aromatic rings. The number of fused-ring (bicyclic) bond motifs is 2. The van der Waals surface area contributed by atoms with Crippen molar-refractivity contribution in [2.45, 2.75) is 6.54 Å². The predicted molar refractivity (Wildman–Crippen MR) is 109 cm³/mol. The van der Waals surface area contributed by atoms with Crippen molar-refractivity contribution in [3.8, 4) is 0 Å². The SMILES string of the molecule is COCCn1c(=NC(=O)c2cnc3ccccc3n2)sc2cc(Br)ccc21. The number of thiazole rings is 1. The molecule has 0 unspecified atom stereocenters. The molecule has 0 aliphatic heterocycles. The molecule has 0 fully saturated rings. The molecule has 136 valence electrons. The monoisotopic (exact) mass is 442 g/mol. The van der Waals surface area contributed by atoms with Gasteiger partial charge < -0.3 is 9.30 Å². The van der Waals surface area contributed by atoms with Gasteiger partial charge in [-0.15, -0.1) is 0 Å². The maximum absolute atomic E-state index is 12.7. The third kappa shape index (κ3) is 3.69. The summed E-state index contributed by atoms with van der Waals surface area (Å²) in [6.07, 6.45) is 1.47. The van der Waals surface area contributed by atoms with Crippen LogP contribution < -0.4 is 4.80 Å². The number of carbonyl (C=O) groups excluding carboxylic acids is 1. The molecule has 2 aromatic heterocycles. The molecule has 0 spiro atoms. The summed E-state index contributed by atoms with van der Waals surface area (Å²) in [6.45, 7) is 1.13. The number of para-hydroxylation sites is 2. The second-order valence-corrected chi connectivity index (χ2v) is 7.73. The van der Waals surface area contributed by atoms with Crippen LogP contribution in [0.4, 0.5) is 0 Å². The number of rotatable bonds is 4. The molecular formula is C19H15BrN4O2S. The highest BCUT2D eigenvalue weighted by Crippen LogP contribution is 2.22. The average molecular weight is 443 g/mol. The number of nitrogens with zero attached hydrogens (tertiary/aromatic N) is 4. The molecule has 0 aliphatic carbocycles. The van der Waals surface area contributed by atoms with E-state index in [2.05, 4.69) is 30.9 Å². The number of halogens is 1. The average Bonchev–Trinajstić information content (AvgIpc) is 3.01. The van der Waals surface area contributed by atoms with E-state index in [9.17, 15) is 4.79 Å². The summed E-state index contributed by atoms with van der Waals surface area (Å²) in [6, 6.07) is 13.4. The van der Waals surface area contributed by atoms with Gasteiger partial charge in [-0.05, 0) is 30.3 Å². The highest BCUT2D eigenvalue weighted by Gasteiger charge is 2.11. The second-order valence-electron chi connectivity index (χ2n) is 5.80. The Morgan fingerprint density at radius 2 is 2.07 bits per heavy atom. The van der Waals surface area contributed by atoms with Crippen LogP contribution in [-0.2, 0) is 11.3 Å². The van der Waals surface area contributed by atoms with Gasteiger partial charge >= 0.3 is 0 Å².